The summed E-state index contributed by atoms with van der Waals surface area (Å²) in [6, 6.07) is 6.50. The molecule has 1 N–H and O–H groups in total. The van der Waals surface area contributed by atoms with E-state index in [1.807, 2.05) is 0 Å². The van der Waals surface area contributed by atoms with Gasteiger partial charge in [-0.15, -0.1) is 0 Å². The average Bonchev–Trinajstić information content (AvgIpc) is 2.17. The summed E-state index contributed by atoms with van der Waals surface area (Å²) in [5.74, 6) is -0.833. The molecule has 0 bridgehead atoms. The van der Waals surface area contributed by atoms with E-state index in [1.54, 1.807) is 30.3 Å². The van der Waals surface area contributed by atoms with Gasteiger partial charge in [-0.1, -0.05) is 41.8 Å². The van der Waals surface area contributed by atoms with Crippen LogP contribution in [0, 0.1) is 0 Å². The molecule has 0 fully saturated rings. The van der Waals surface area contributed by atoms with Crippen molar-refractivity contribution in [2.24, 2.45) is 0 Å². The van der Waals surface area contributed by atoms with Crippen molar-refractivity contribution >= 4 is 22.7 Å². The van der Waals surface area contributed by atoms with Crippen molar-refractivity contribution in [3.05, 3.63) is 36.4 Å². The van der Waals surface area contributed by atoms with Crippen LogP contribution in [-0.2, 0) is 23.9 Å². The standard InChI is InChI=1S/C8H7O2S.C2H4O2.Na/c1-2-7-3-5-8(6-4-7)11(9)10;1-2(3)4;/h2-6H,1H2;1H3,(H,3,4);/q-1;;+1. The third-order valence-corrected chi connectivity index (χ3v) is 1.97. The SMILES string of the molecule is C=Cc1ccc([S-](=O)=O)cc1.CC(=O)O.[Na+]. The van der Waals surface area contributed by atoms with Crippen molar-refractivity contribution in [3.8, 4) is 0 Å². The molecule has 82 valence electrons. The molecule has 0 aliphatic carbocycles. The molecule has 0 atom stereocenters. The topological polar surface area (TPSA) is 71.4 Å². The monoisotopic (exact) mass is 250 g/mol. The molecule has 0 heterocycles. The van der Waals surface area contributed by atoms with E-state index in [2.05, 4.69) is 6.58 Å². The van der Waals surface area contributed by atoms with Gasteiger partial charge in [-0.25, -0.2) is 0 Å². The summed E-state index contributed by atoms with van der Waals surface area (Å²) in [5, 5.41) is 7.42. The van der Waals surface area contributed by atoms with E-state index in [0.717, 1.165) is 12.5 Å². The number of carbonyl (C=O) groups is 1. The van der Waals surface area contributed by atoms with Gasteiger partial charge in [0.05, 0.1) is 0 Å². The van der Waals surface area contributed by atoms with Crippen molar-refractivity contribution < 1.29 is 47.9 Å². The van der Waals surface area contributed by atoms with Gasteiger partial charge in [-0.05, 0) is 16.3 Å². The van der Waals surface area contributed by atoms with Gasteiger partial charge in [0.1, 0.15) is 0 Å². The molecular weight excluding hydrogens is 239 g/mol. The molecular formula is C10H11NaO4S. The van der Waals surface area contributed by atoms with Crippen LogP contribution in [0.15, 0.2) is 35.7 Å². The third-order valence-electron chi connectivity index (χ3n) is 1.31. The number of rotatable bonds is 2. The van der Waals surface area contributed by atoms with Crippen molar-refractivity contribution in [1.29, 1.82) is 0 Å². The Labute approximate surface area is 118 Å². The Bertz CT molecular complexity index is 397. The number of carboxylic acid groups (broad SMARTS) is 1. The van der Waals surface area contributed by atoms with Gasteiger partial charge < -0.3 is 13.5 Å². The van der Waals surface area contributed by atoms with Crippen LogP contribution in [0.5, 0.6) is 0 Å². The first-order chi connectivity index (χ1) is 6.97. The van der Waals surface area contributed by atoms with Gasteiger partial charge in [-0.2, -0.15) is 0 Å². The van der Waals surface area contributed by atoms with Gasteiger partial charge >= 0.3 is 29.6 Å². The normalized spacial score (nSPS) is 8.38. The Hall–Kier alpha value is -0.620. The second-order valence-electron chi connectivity index (χ2n) is 2.53. The Morgan fingerprint density at radius 3 is 1.94 bits per heavy atom. The fraction of sp³-hybridized carbons (Fsp3) is 0.100. The molecule has 0 unspecified atom stereocenters. The third kappa shape index (κ3) is 8.67. The summed E-state index contributed by atoms with van der Waals surface area (Å²) in [6.45, 7) is 4.63. The largest absolute Gasteiger partial charge is 1.00 e. The fourth-order valence-corrected chi connectivity index (χ4v) is 1.07. The Balaban J connectivity index is 0. The molecule has 0 saturated carbocycles. The minimum absolute atomic E-state index is 0. The summed E-state index contributed by atoms with van der Waals surface area (Å²) in [6.07, 6.45) is 1.66. The first-order valence-electron chi connectivity index (χ1n) is 3.98. The van der Waals surface area contributed by atoms with Crippen LogP contribution >= 0.6 is 0 Å². The van der Waals surface area contributed by atoms with Crippen LogP contribution in [-0.4, -0.2) is 11.1 Å². The Morgan fingerprint density at radius 2 is 1.69 bits per heavy atom. The maximum absolute atomic E-state index is 10.4. The van der Waals surface area contributed by atoms with E-state index >= 15 is 0 Å². The molecule has 0 spiro atoms. The average molecular weight is 250 g/mol. The predicted octanol–water partition coefficient (Wildman–Crippen LogP) is -0.907. The van der Waals surface area contributed by atoms with E-state index < -0.39 is 16.7 Å². The quantitative estimate of drug-likeness (QED) is 0.545. The first kappa shape index (κ1) is 17.8. The van der Waals surface area contributed by atoms with Crippen LogP contribution in [0.3, 0.4) is 0 Å². The van der Waals surface area contributed by atoms with Crippen LogP contribution in [0.25, 0.3) is 6.08 Å². The molecule has 1 aromatic carbocycles. The maximum atomic E-state index is 10.4. The second-order valence-corrected chi connectivity index (χ2v) is 3.47. The minimum Gasteiger partial charge on any atom is -0.481 e. The summed E-state index contributed by atoms with van der Waals surface area (Å²) in [5.41, 5.74) is 0.916. The van der Waals surface area contributed by atoms with Crippen molar-refractivity contribution in [2.45, 2.75) is 11.8 Å². The second kappa shape index (κ2) is 9.59. The number of aliphatic carboxylic acids is 1. The summed E-state index contributed by atoms with van der Waals surface area (Å²) in [7, 11) is -2.12. The number of carboxylic acids is 1. The molecule has 0 saturated heterocycles. The van der Waals surface area contributed by atoms with E-state index in [1.165, 1.54) is 0 Å². The first-order valence-corrected chi connectivity index (χ1v) is 5.06. The van der Waals surface area contributed by atoms with Crippen LogP contribution in [0.2, 0.25) is 0 Å². The van der Waals surface area contributed by atoms with E-state index in [0.29, 0.717) is 4.90 Å². The fourth-order valence-electron chi connectivity index (χ4n) is 0.715. The molecule has 1 rings (SSSR count). The van der Waals surface area contributed by atoms with Crippen molar-refractivity contribution in [3.63, 3.8) is 0 Å². The minimum atomic E-state index is -2.12. The molecule has 4 nitrogen and oxygen atoms in total. The van der Waals surface area contributed by atoms with E-state index in [-0.39, 0.29) is 29.6 Å². The van der Waals surface area contributed by atoms with Crippen LogP contribution < -0.4 is 29.6 Å². The zero-order chi connectivity index (χ0) is 11.8. The van der Waals surface area contributed by atoms with Gasteiger partial charge in [0, 0.05) is 6.92 Å². The molecule has 0 aromatic heterocycles. The van der Waals surface area contributed by atoms with Crippen LogP contribution in [0.4, 0.5) is 0 Å². The molecule has 0 amide bonds. The number of benzene rings is 1. The zero-order valence-electron chi connectivity index (χ0n) is 9.17. The van der Waals surface area contributed by atoms with Gasteiger partial charge in [0.15, 0.2) is 0 Å². The summed E-state index contributed by atoms with van der Waals surface area (Å²) < 4.78 is 20.7. The Morgan fingerprint density at radius 1 is 1.31 bits per heavy atom. The number of hydrogen-bond acceptors (Lipinski definition) is 4. The van der Waals surface area contributed by atoms with Crippen LogP contribution in [0.1, 0.15) is 12.5 Å². The zero-order valence-corrected chi connectivity index (χ0v) is 12.0. The number of hydrogen-bond donors (Lipinski definition) is 1. The molecule has 1 aromatic rings. The van der Waals surface area contributed by atoms with E-state index in [9.17, 15) is 8.42 Å². The summed E-state index contributed by atoms with van der Waals surface area (Å²) in [4.78, 5) is 9.30. The molecule has 0 aliphatic heterocycles. The molecule has 6 heteroatoms. The summed E-state index contributed by atoms with van der Waals surface area (Å²) >= 11 is 0. The van der Waals surface area contributed by atoms with E-state index in [4.69, 9.17) is 9.90 Å². The van der Waals surface area contributed by atoms with Gasteiger partial charge in [0.2, 0.25) is 0 Å². The Kier molecular flexibility index (Phi) is 10.7. The molecule has 16 heavy (non-hydrogen) atoms. The van der Waals surface area contributed by atoms with Gasteiger partial charge in [0.25, 0.3) is 5.97 Å². The predicted molar refractivity (Wildman–Crippen MR) is 56.8 cm³/mol. The van der Waals surface area contributed by atoms with Crippen molar-refractivity contribution in [1.82, 2.24) is 0 Å². The van der Waals surface area contributed by atoms with Gasteiger partial charge in [-0.3, -0.25) is 4.79 Å². The molecule has 0 aliphatic rings. The molecule has 0 radical (unpaired) electrons. The van der Waals surface area contributed by atoms with Crippen molar-refractivity contribution in [2.75, 3.05) is 0 Å². The maximum Gasteiger partial charge on any atom is 1.00 e. The smallest absolute Gasteiger partial charge is 0.481 e.